The quantitative estimate of drug-likeness (QED) is 0.160. The smallest absolute Gasteiger partial charge is 0.143 e. The first-order valence-electron chi connectivity index (χ1n) is 28.5. The first-order chi connectivity index (χ1) is 36.8. The fourth-order valence-corrected chi connectivity index (χ4v) is 7.03. The summed E-state index contributed by atoms with van der Waals surface area (Å²) < 4.78 is 219. The summed E-state index contributed by atoms with van der Waals surface area (Å²) in [4.78, 5) is 0. The minimum Gasteiger partial charge on any atom is -0.455 e. The predicted octanol–water partition coefficient (Wildman–Crippen LogP) is 14.8. The van der Waals surface area contributed by atoms with Crippen LogP contribution >= 0.6 is 0 Å². The van der Waals surface area contributed by atoms with Gasteiger partial charge in [-0.2, -0.15) is 0 Å². The monoisotopic (exact) mass is 725 g/mol. The van der Waals surface area contributed by atoms with Crippen LogP contribution in [-0.4, -0.2) is 0 Å². The second kappa shape index (κ2) is 12.8. The van der Waals surface area contributed by atoms with E-state index in [9.17, 15) is 12.3 Å². The molecule has 0 N–H and O–H groups in total. The molecular weight excluding hydrogens is 669 g/mol. The van der Waals surface area contributed by atoms with Gasteiger partial charge in [-0.05, 0) is 68.0 Å². The van der Waals surface area contributed by atoms with E-state index in [1.807, 2.05) is 0 Å². The van der Waals surface area contributed by atoms with E-state index in [0.29, 0.717) is 0 Å². The zero-order valence-corrected chi connectivity index (χ0v) is 28.2. The van der Waals surface area contributed by atoms with Crippen molar-refractivity contribution >= 4 is 54.6 Å². The van der Waals surface area contributed by atoms with Gasteiger partial charge in [-0.25, -0.2) is 0 Å². The maximum Gasteiger partial charge on any atom is 0.143 e. The number of benzene rings is 9. The molecule has 0 saturated carbocycles. The standard InChI is InChI=1S/C53H34O2/c1-3-13-34(14-4-1)36-25-29-38(30-26-36)50(39-31-27-37(28-32-39)35-15-5-2-6-16-35)45-22-12-24-49-51(45)47-33-46(40-17-7-8-19-42(40)53(47)55-49)44-21-11-20-43-41-18-9-10-23-48(41)54-52(43)44/h1-33,50H/i1D,2D,3D,4D,5D,7D,8D,10D,13D,14D,15D,16D,18D,20D,22D,24D,25D,27D,29D,30D,31D,32D,33D. The summed E-state index contributed by atoms with van der Waals surface area (Å²) in [5.74, 6) is -1.97. The molecule has 2 heterocycles. The Morgan fingerprint density at radius 1 is 0.382 bits per heavy atom. The third-order valence-electron chi connectivity index (χ3n) is 9.48. The zero-order chi connectivity index (χ0) is 56.3. The Labute approximate surface area is 350 Å². The van der Waals surface area contributed by atoms with Crippen molar-refractivity contribution in [1.29, 1.82) is 0 Å². The van der Waals surface area contributed by atoms with Crippen molar-refractivity contribution in [3.05, 3.63) is 216 Å². The van der Waals surface area contributed by atoms with E-state index in [4.69, 9.17) is 28.0 Å². The van der Waals surface area contributed by atoms with Crippen LogP contribution in [0.1, 0.15) is 54.1 Å². The van der Waals surface area contributed by atoms with Gasteiger partial charge in [-0.15, -0.1) is 0 Å². The number of furan rings is 2. The molecule has 0 aliphatic carbocycles. The molecular formula is C53H34O2. The van der Waals surface area contributed by atoms with Gasteiger partial charge in [-0.1, -0.05) is 181 Å². The van der Waals surface area contributed by atoms with Gasteiger partial charge >= 0.3 is 0 Å². The SMILES string of the molecule is [2H]c1cc([2H])c2c(c1)oc1c(-c3c([2H])c4c(oc5c([2H])cc([2H])c(C(c6c([2H])cc(-c7c([2H])cc([2H])c([2H])c7[2H])c([2H])c6[2H])c6c([2H])cc(-c7c([2H])c([2H])c([2H])c([2H])c7[2H])c([2H])c6[2H])c54)c4cc([2H])c([2H])cc34)ccc([2H])c12. The van der Waals surface area contributed by atoms with Crippen molar-refractivity contribution in [2.75, 3.05) is 0 Å². The van der Waals surface area contributed by atoms with E-state index in [1.165, 1.54) is 36.4 Å². The van der Waals surface area contributed by atoms with Gasteiger partial charge in [0.1, 0.15) is 22.3 Å². The Hall–Kier alpha value is -7.16. The van der Waals surface area contributed by atoms with Crippen molar-refractivity contribution in [2.45, 2.75) is 5.92 Å². The average Bonchev–Trinajstić information content (AvgIpc) is 4.17. The summed E-state index contributed by atoms with van der Waals surface area (Å²) in [6.45, 7) is 0. The molecule has 0 aliphatic heterocycles. The van der Waals surface area contributed by atoms with Gasteiger partial charge in [0.15, 0.2) is 0 Å². The highest BCUT2D eigenvalue weighted by Gasteiger charge is 2.25. The molecule has 258 valence electrons. The van der Waals surface area contributed by atoms with Crippen LogP contribution in [0.5, 0.6) is 0 Å². The van der Waals surface area contributed by atoms with Gasteiger partial charge in [-0.3, -0.25) is 0 Å². The van der Waals surface area contributed by atoms with E-state index >= 15 is 0 Å². The van der Waals surface area contributed by atoms with Gasteiger partial charge < -0.3 is 8.83 Å². The summed E-state index contributed by atoms with van der Waals surface area (Å²) in [6.07, 6.45) is 0. The Balaban J connectivity index is 1.32. The molecule has 2 aromatic heterocycles. The highest BCUT2D eigenvalue weighted by atomic mass is 16.3. The predicted molar refractivity (Wildman–Crippen MR) is 229 cm³/mol. The van der Waals surface area contributed by atoms with Crippen LogP contribution in [0.15, 0.2) is 208 Å². The Kier molecular flexibility index (Phi) is 3.73. The van der Waals surface area contributed by atoms with Crippen LogP contribution in [0.4, 0.5) is 0 Å². The fourth-order valence-electron chi connectivity index (χ4n) is 7.03. The molecule has 1 atom stereocenters. The molecule has 9 aromatic carbocycles. The maximum atomic E-state index is 10.3. The lowest BCUT2D eigenvalue weighted by molar-refractivity contribution is 0.669. The van der Waals surface area contributed by atoms with Gasteiger partial charge in [0.25, 0.3) is 0 Å². The molecule has 0 aliphatic rings. The van der Waals surface area contributed by atoms with E-state index in [1.54, 1.807) is 0 Å². The normalized spacial score (nSPS) is 18.1. The Bertz CT molecular complexity index is 4530. The molecule has 0 fully saturated rings. The molecule has 0 amide bonds. The van der Waals surface area contributed by atoms with Crippen molar-refractivity contribution < 1.29 is 40.4 Å². The molecule has 11 rings (SSSR count). The third-order valence-corrected chi connectivity index (χ3v) is 9.48. The van der Waals surface area contributed by atoms with E-state index in [0.717, 1.165) is 24.3 Å². The Morgan fingerprint density at radius 2 is 1.09 bits per heavy atom. The van der Waals surface area contributed by atoms with E-state index < -0.39 is 137 Å². The summed E-state index contributed by atoms with van der Waals surface area (Å²) >= 11 is 0. The van der Waals surface area contributed by atoms with E-state index in [2.05, 4.69) is 0 Å². The molecule has 11 aromatic rings. The average molecular weight is 726 g/mol. The van der Waals surface area contributed by atoms with Crippen molar-refractivity contribution in [1.82, 2.24) is 0 Å². The van der Waals surface area contributed by atoms with Crippen LogP contribution in [-0.2, 0) is 0 Å². The number of hydrogen-bond donors (Lipinski definition) is 0. The lowest BCUT2D eigenvalue weighted by Crippen LogP contribution is -2.04. The summed E-state index contributed by atoms with van der Waals surface area (Å²) in [5, 5.41) is 0.166. The van der Waals surface area contributed by atoms with Crippen LogP contribution in [0.2, 0.25) is 0 Å². The molecule has 0 saturated heterocycles. The van der Waals surface area contributed by atoms with Gasteiger partial charge in [0.2, 0.25) is 0 Å². The Morgan fingerprint density at radius 3 is 1.91 bits per heavy atom. The number of para-hydroxylation sites is 2. The lowest BCUT2D eigenvalue weighted by atomic mass is 9.82. The fraction of sp³-hybridized carbons (Fsp3) is 0.0189. The van der Waals surface area contributed by atoms with E-state index in [-0.39, 0.29) is 113 Å². The summed E-state index contributed by atoms with van der Waals surface area (Å²) in [5.41, 5.74) is -3.36. The minimum atomic E-state index is -1.97. The summed E-state index contributed by atoms with van der Waals surface area (Å²) in [6, 6.07) is -0.829. The second-order valence-corrected chi connectivity index (χ2v) is 12.5. The first kappa shape index (κ1) is 16.1. The number of fused-ring (bicyclic) bond motifs is 8. The number of hydrogen-bond acceptors (Lipinski definition) is 2. The molecule has 55 heavy (non-hydrogen) atoms. The third kappa shape index (κ3) is 5.18. The number of rotatable bonds is 6. The second-order valence-electron chi connectivity index (χ2n) is 12.5. The molecule has 0 radical (unpaired) electrons. The van der Waals surface area contributed by atoms with Crippen molar-refractivity contribution in [3.8, 4) is 33.4 Å². The molecule has 0 bridgehead atoms. The first-order valence-corrected chi connectivity index (χ1v) is 17.0. The largest absolute Gasteiger partial charge is 0.455 e. The molecule has 0 spiro atoms. The highest BCUT2D eigenvalue weighted by Crippen LogP contribution is 2.46. The van der Waals surface area contributed by atoms with Crippen molar-refractivity contribution in [3.63, 3.8) is 0 Å². The van der Waals surface area contributed by atoms with Crippen LogP contribution in [0, 0.1) is 0 Å². The van der Waals surface area contributed by atoms with Crippen LogP contribution in [0.3, 0.4) is 0 Å². The highest BCUT2D eigenvalue weighted by molar-refractivity contribution is 6.22. The van der Waals surface area contributed by atoms with Crippen molar-refractivity contribution in [2.24, 2.45) is 0 Å². The minimum absolute atomic E-state index is 0.00250. The lowest BCUT2D eigenvalue weighted by Gasteiger charge is -2.21. The molecule has 2 nitrogen and oxygen atoms in total. The van der Waals surface area contributed by atoms with Crippen LogP contribution < -0.4 is 0 Å². The molecule has 2 heteroatoms. The van der Waals surface area contributed by atoms with Gasteiger partial charge in [0, 0.05) is 38.4 Å². The zero-order valence-electron chi connectivity index (χ0n) is 51.2. The summed E-state index contributed by atoms with van der Waals surface area (Å²) in [7, 11) is 0. The van der Waals surface area contributed by atoms with Gasteiger partial charge in [0.05, 0.1) is 31.5 Å². The maximum absolute atomic E-state index is 10.3. The topological polar surface area (TPSA) is 26.3 Å². The van der Waals surface area contributed by atoms with Crippen LogP contribution in [0.25, 0.3) is 88.0 Å². The molecule has 1 unspecified atom stereocenters.